The van der Waals surface area contributed by atoms with Crippen LogP contribution in [0.5, 0.6) is 0 Å². The number of hydrogen-bond acceptors (Lipinski definition) is 6. The summed E-state index contributed by atoms with van der Waals surface area (Å²) < 4.78 is 27.8. The van der Waals surface area contributed by atoms with E-state index < -0.39 is 5.97 Å². The van der Waals surface area contributed by atoms with Crippen LogP contribution < -0.4 is 0 Å². The third-order valence-electron chi connectivity index (χ3n) is 3.50. The first-order valence-corrected chi connectivity index (χ1v) is 9.55. The van der Waals surface area contributed by atoms with Gasteiger partial charge in [0.05, 0.1) is 44.7 Å². The molecule has 0 rings (SSSR count). The van der Waals surface area contributed by atoms with Crippen molar-refractivity contribution >= 4 is 5.97 Å². The highest BCUT2D eigenvalue weighted by molar-refractivity contribution is 5.87. The SMILES string of the molecule is C=C(C)C(=O)OC(C)COC(C)COC(C)COC(C)COCCCC. The van der Waals surface area contributed by atoms with Crippen molar-refractivity contribution in [1.29, 1.82) is 0 Å². The van der Waals surface area contributed by atoms with Crippen molar-refractivity contribution in [2.75, 3.05) is 33.0 Å². The maximum absolute atomic E-state index is 11.4. The minimum absolute atomic E-state index is 0.0298. The van der Waals surface area contributed by atoms with E-state index in [0.29, 0.717) is 32.0 Å². The summed E-state index contributed by atoms with van der Waals surface area (Å²) in [5, 5.41) is 0. The Labute approximate surface area is 159 Å². The molecule has 0 saturated carbocycles. The van der Waals surface area contributed by atoms with Crippen LogP contribution in [0.1, 0.15) is 54.4 Å². The van der Waals surface area contributed by atoms with Gasteiger partial charge in [-0.15, -0.1) is 0 Å². The number of unbranched alkanes of at least 4 members (excludes halogenated alkanes) is 1. The van der Waals surface area contributed by atoms with E-state index in [-0.39, 0.29) is 24.4 Å². The number of hydrogen-bond donors (Lipinski definition) is 0. The lowest BCUT2D eigenvalue weighted by molar-refractivity contribution is -0.148. The lowest BCUT2D eigenvalue weighted by atomic mass is 10.3. The molecule has 0 aromatic heterocycles. The zero-order chi connectivity index (χ0) is 19.9. The third-order valence-corrected chi connectivity index (χ3v) is 3.50. The molecule has 0 aromatic carbocycles. The van der Waals surface area contributed by atoms with Crippen LogP contribution in [0.4, 0.5) is 0 Å². The summed E-state index contributed by atoms with van der Waals surface area (Å²) in [5.74, 6) is -0.399. The van der Waals surface area contributed by atoms with Crippen LogP contribution in [-0.2, 0) is 28.5 Å². The topological polar surface area (TPSA) is 63.2 Å². The highest BCUT2D eigenvalue weighted by Crippen LogP contribution is 2.04. The molecule has 0 spiro atoms. The van der Waals surface area contributed by atoms with Gasteiger partial charge in [-0.1, -0.05) is 19.9 Å². The van der Waals surface area contributed by atoms with Crippen molar-refractivity contribution in [2.45, 2.75) is 78.8 Å². The van der Waals surface area contributed by atoms with Crippen molar-refractivity contribution in [3.63, 3.8) is 0 Å². The first-order chi connectivity index (χ1) is 12.3. The van der Waals surface area contributed by atoms with Gasteiger partial charge in [-0.05, 0) is 41.0 Å². The van der Waals surface area contributed by atoms with Gasteiger partial charge in [-0.25, -0.2) is 4.79 Å². The molecule has 154 valence electrons. The molecule has 0 amide bonds. The van der Waals surface area contributed by atoms with Crippen LogP contribution in [0.2, 0.25) is 0 Å². The van der Waals surface area contributed by atoms with Gasteiger partial charge in [0.25, 0.3) is 0 Å². The van der Waals surface area contributed by atoms with Crippen LogP contribution in [0.3, 0.4) is 0 Å². The van der Waals surface area contributed by atoms with Gasteiger partial charge in [0.2, 0.25) is 0 Å². The van der Waals surface area contributed by atoms with Crippen molar-refractivity contribution in [3.05, 3.63) is 12.2 Å². The Bertz CT molecular complexity index is 384. The van der Waals surface area contributed by atoms with Crippen molar-refractivity contribution < 1.29 is 28.5 Å². The summed E-state index contributed by atoms with van der Waals surface area (Å²) in [7, 11) is 0. The van der Waals surface area contributed by atoms with Crippen LogP contribution in [0.25, 0.3) is 0 Å². The number of esters is 1. The number of rotatable bonds is 16. The molecular formula is C20H38O6. The summed E-state index contributed by atoms with van der Waals surface area (Å²) in [6.07, 6.45) is 1.81. The Morgan fingerprint density at radius 2 is 1.31 bits per heavy atom. The summed E-state index contributed by atoms with van der Waals surface area (Å²) >= 11 is 0. The van der Waals surface area contributed by atoms with Crippen LogP contribution >= 0.6 is 0 Å². The number of ether oxygens (including phenoxy) is 5. The second-order valence-corrected chi connectivity index (χ2v) is 6.86. The predicted molar refractivity (Wildman–Crippen MR) is 102 cm³/mol. The van der Waals surface area contributed by atoms with E-state index in [2.05, 4.69) is 13.5 Å². The molecule has 0 N–H and O–H groups in total. The molecule has 0 bridgehead atoms. The molecule has 0 aliphatic carbocycles. The first-order valence-electron chi connectivity index (χ1n) is 9.55. The molecule has 26 heavy (non-hydrogen) atoms. The highest BCUT2D eigenvalue weighted by atomic mass is 16.6. The number of carbonyl (C=O) groups excluding carboxylic acids is 1. The fourth-order valence-corrected chi connectivity index (χ4v) is 1.86. The standard InChI is InChI=1S/C20H38O6/c1-8-9-10-22-11-16(4)23-12-17(5)24-13-18(6)25-14-19(7)26-20(21)15(2)3/h16-19H,2,8-14H2,1,3-7H3. The second kappa shape index (κ2) is 15.1. The van der Waals surface area contributed by atoms with E-state index in [9.17, 15) is 4.79 Å². The average molecular weight is 375 g/mol. The average Bonchev–Trinajstić information content (AvgIpc) is 2.59. The van der Waals surface area contributed by atoms with E-state index in [1.807, 2.05) is 20.8 Å². The largest absolute Gasteiger partial charge is 0.457 e. The Morgan fingerprint density at radius 1 is 0.846 bits per heavy atom. The minimum Gasteiger partial charge on any atom is -0.457 e. The zero-order valence-electron chi connectivity index (χ0n) is 17.4. The van der Waals surface area contributed by atoms with E-state index in [0.717, 1.165) is 19.4 Å². The van der Waals surface area contributed by atoms with Crippen LogP contribution in [0, 0.1) is 0 Å². The van der Waals surface area contributed by atoms with Gasteiger partial charge in [-0.3, -0.25) is 0 Å². The normalized spacial score (nSPS) is 15.9. The molecule has 4 unspecified atom stereocenters. The molecule has 0 radical (unpaired) electrons. The van der Waals surface area contributed by atoms with E-state index in [1.54, 1.807) is 13.8 Å². The van der Waals surface area contributed by atoms with Crippen LogP contribution in [-0.4, -0.2) is 63.4 Å². The van der Waals surface area contributed by atoms with Gasteiger partial charge in [0.1, 0.15) is 6.10 Å². The fourth-order valence-electron chi connectivity index (χ4n) is 1.86. The van der Waals surface area contributed by atoms with E-state index in [1.165, 1.54) is 0 Å². The number of carbonyl (C=O) groups is 1. The summed E-state index contributed by atoms with van der Waals surface area (Å²) in [6, 6.07) is 0. The molecular weight excluding hydrogens is 336 g/mol. The molecule has 0 saturated heterocycles. The Kier molecular flexibility index (Phi) is 14.6. The Balaban J connectivity index is 3.76. The molecule has 4 atom stereocenters. The monoisotopic (exact) mass is 374 g/mol. The molecule has 0 aromatic rings. The predicted octanol–water partition coefficient (Wildman–Crippen LogP) is 3.53. The molecule has 0 aliphatic heterocycles. The van der Waals surface area contributed by atoms with Gasteiger partial charge < -0.3 is 23.7 Å². The maximum Gasteiger partial charge on any atom is 0.333 e. The quantitative estimate of drug-likeness (QED) is 0.234. The molecule has 0 aliphatic rings. The van der Waals surface area contributed by atoms with Crippen molar-refractivity contribution in [3.8, 4) is 0 Å². The second-order valence-electron chi connectivity index (χ2n) is 6.86. The van der Waals surface area contributed by atoms with Crippen molar-refractivity contribution in [1.82, 2.24) is 0 Å². The summed E-state index contributed by atoms with van der Waals surface area (Å²) in [5.41, 5.74) is 0.382. The fraction of sp³-hybridized carbons (Fsp3) is 0.850. The maximum atomic E-state index is 11.4. The molecule has 0 heterocycles. The Morgan fingerprint density at radius 3 is 1.77 bits per heavy atom. The lowest BCUT2D eigenvalue weighted by Crippen LogP contribution is -2.29. The molecule has 6 nitrogen and oxygen atoms in total. The van der Waals surface area contributed by atoms with Crippen molar-refractivity contribution in [2.24, 2.45) is 0 Å². The Hall–Kier alpha value is -0.950. The minimum atomic E-state index is -0.399. The van der Waals surface area contributed by atoms with E-state index in [4.69, 9.17) is 23.7 Å². The first kappa shape index (κ1) is 25.1. The molecule has 6 heteroatoms. The smallest absolute Gasteiger partial charge is 0.333 e. The van der Waals surface area contributed by atoms with Gasteiger partial charge in [-0.2, -0.15) is 0 Å². The molecule has 0 fully saturated rings. The summed E-state index contributed by atoms with van der Waals surface area (Å²) in [4.78, 5) is 11.4. The van der Waals surface area contributed by atoms with E-state index >= 15 is 0 Å². The summed E-state index contributed by atoms with van der Waals surface area (Å²) in [6.45, 7) is 17.7. The third kappa shape index (κ3) is 14.2. The van der Waals surface area contributed by atoms with Gasteiger partial charge in [0, 0.05) is 12.2 Å². The lowest BCUT2D eigenvalue weighted by Gasteiger charge is -2.21. The highest BCUT2D eigenvalue weighted by Gasteiger charge is 2.13. The zero-order valence-corrected chi connectivity index (χ0v) is 17.4. The van der Waals surface area contributed by atoms with Gasteiger partial charge >= 0.3 is 5.97 Å². The van der Waals surface area contributed by atoms with Crippen LogP contribution in [0.15, 0.2) is 12.2 Å². The van der Waals surface area contributed by atoms with Gasteiger partial charge in [0.15, 0.2) is 0 Å².